The molecule has 0 spiro atoms. The number of carbonyl (C=O) groups is 1. The van der Waals surface area contributed by atoms with E-state index in [9.17, 15) is 4.79 Å². The van der Waals surface area contributed by atoms with E-state index in [1.54, 1.807) is 21.1 Å². The Morgan fingerprint density at radius 2 is 1.88 bits per heavy atom. The van der Waals surface area contributed by atoms with Crippen LogP contribution in [-0.2, 0) is 0 Å². The third-order valence-corrected chi connectivity index (χ3v) is 0.760. The summed E-state index contributed by atoms with van der Waals surface area (Å²) in [5, 5.41) is 2.29. The predicted molar refractivity (Wildman–Crippen MR) is 31.9 cm³/mol. The first-order valence-corrected chi connectivity index (χ1v) is 2.37. The molecule has 0 saturated heterocycles. The van der Waals surface area contributed by atoms with Crippen LogP contribution in [0.15, 0.2) is 0 Å². The highest BCUT2D eigenvalue weighted by molar-refractivity contribution is 5.66. The van der Waals surface area contributed by atoms with Crippen LogP contribution in [0, 0.1) is 7.05 Å². The molecule has 0 heterocycles. The van der Waals surface area contributed by atoms with Crippen LogP contribution in [0.4, 0.5) is 4.79 Å². The van der Waals surface area contributed by atoms with Crippen molar-refractivity contribution in [3.63, 3.8) is 0 Å². The number of hydrogen-bond donors (Lipinski definition) is 1. The second kappa shape index (κ2) is 2.13. The minimum absolute atomic E-state index is 0.0926. The number of nitrogens with one attached hydrogen (secondary N) is 1. The maximum atomic E-state index is 10.6. The van der Waals surface area contributed by atoms with Gasteiger partial charge in [-0.05, 0) is 0 Å². The van der Waals surface area contributed by atoms with Crippen molar-refractivity contribution in [1.82, 2.24) is 5.32 Å². The van der Waals surface area contributed by atoms with Crippen LogP contribution < -0.4 is 5.32 Å². The average molecular weight is 116 g/mol. The number of quaternary nitrogens is 1. The fourth-order valence-corrected chi connectivity index (χ4v) is 0.237. The molecule has 3 heteroatoms. The van der Waals surface area contributed by atoms with Gasteiger partial charge in [0, 0.05) is 7.05 Å². The first-order valence-electron chi connectivity index (χ1n) is 2.37. The Morgan fingerprint density at radius 1 is 1.50 bits per heavy atom. The number of hydrogen-bond acceptors (Lipinski definition) is 1. The predicted octanol–water partition coefficient (Wildman–Crippen LogP) is 0.194. The molecule has 0 aromatic heterocycles. The van der Waals surface area contributed by atoms with Crippen molar-refractivity contribution in [2.45, 2.75) is 0 Å². The van der Waals surface area contributed by atoms with E-state index < -0.39 is 0 Å². The highest BCUT2D eigenvalue weighted by atomic mass is 16.2. The Balaban J connectivity index is 3.82. The molecular weight excluding hydrogens is 104 g/mol. The Hall–Kier alpha value is -0.570. The van der Waals surface area contributed by atoms with E-state index >= 15 is 0 Å². The summed E-state index contributed by atoms with van der Waals surface area (Å²) in [6.07, 6.45) is 0. The highest BCUT2D eigenvalue weighted by Gasteiger charge is 2.16. The van der Waals surface area contributed by atoms with Gasteiger partial charge in [-0.1, -0.05) is 0 Å². The van der Waals surface area contributed by atoms with Gasteiger partial charge < -0.3 is 5.32 Å². The van der Waals surface area contributed by atoms with Gasteiger partial charge in [0.1, 0.15) is 0 Å². The molecule has 0 aromatic carbocycles. The van der Waals surface area contributed by atoms with Crippen molar-refractivity contribution >= 4 is 6.03 Å². The molecule has 0 aliphatic carbocycles. The van der Waals surface area contributed by atoms with Gasteiger partial charge in [0.25, 0.3) is 0 Å². The summed E-state index contributed by atoms with van der Waals surface area (Å²) >= 11 is 0. The maximum absolute atomic E-state index is 10.6. The zero-order chi connectivity index (χ0) is 6.78. The lowest BCUT2D eigenvalue weighted by molar-refractivity contribution is -0.786. The van der Waals surface area contributed by atoms with Crippen molar-refractivity contribution in [1.29, 1.82) is 0 Å². The minimum Gasteiger partial charge on any atom is -0.304 e. The smallest absolute Gasteiger partial charge is 0.304 e. The number of urea groups is 1. The van der Waals surface area contributed by atoms with E-state index in [2.05, 4.69) is 12.4 Å². The molecule has 0 aromatic rings. The van der Waals surface area contributed by atoms with E-state index in [4.69, 9.17) is 0 Å². The van der Waals surface area contributed by atoms with Crippen LogP contribution in [0.25, 0.3) is 0 Å². The largest absolute Gasteiger partial charge is 0.416 e. The second-order valence-corrected chi connectivity index (χ2v) is 2.49. The standard InChI is InChI=1S/C5H12N2O/c1-6-5(8)7(2,3)4/h1H2,2-4H3,(H,6,8)/q+1. The van der Waals surface area contributed by atoms with Gasteiger partial charge in [-0.2, -0.15) is 0 Å². The Bertz CT molecular complexity index is 93.1. The second-order valence-electron chi connectivity index (χ2n) is 2.49. The Morgan fingerprint density at radius 3 is 1.88 bits per heavy atom. The van der Waals surface area contributed by atoms with Crippen molar-refractivity contribution in [2.75, 3.05) is 21.1 Å². The first kappa shape index (κ1) is 7.43. The summed E-state index contributed by atoms with van der Waals surface area (Å²) in [6, 6.07) is -0.0926. The molecule has 0 bridgehead atoms. The quantitative estimate of drug-likeness (QED) is 0.450. The van der Waals surface area contributed by atoms with Crippen molar-refractivity contribution < 1.29 is 9.28 Å². The maximum Gasteiger partial charge on any atom is 0.416 e. The molecule has 0 aliphatic heterocycles. The van der Waals surface area contributed by atoms with E-state index in [1.165, 1.54) is 0 Å². The summed E-state index contributed by atoms with van der Waals surface area (Å²) in [4.78, 5) is 10.6. The lowest BCUT2D eigenvalue weighted by Gasteiger charge is -2.18. The van der Waals surface area contributed by atoms with Gasteiger partial charge in [-0.3, -0.25) is 0 Å². The SMILES string of the molecule is [CH2]NC(=O)[N+](C)(C)C. The molecule has 0 saturated carbocycles. The molecule has 1 radical (unpaired) electrons. The Kier molecular flexibility index (Phi) is 1.98. The zero-order valence-corrected chi connectivity index (χ0v) is 5.56. The molecule has 2 amide bonds. The third-order valence-electron chi connectivity index (χ3n) is 0.760. The minimum atomic E-state index is -0.0926. The van der Waals surface area contributed by atoms with E-state index in [0.717, 1.165) is 0 Å². The van der Waals surface area contributed by atoms with E-state index in [1.807, 2.05) is 0 Å². The number of nitrogens with zero attached hydrogens (tertiary/aromatic N) is 1. The lowest BCUT2D eigenvalue weighted by atomic mass is 10.7. The highest BCUT2D eigenvalue weighted by Crippen LogP contribution is 1.88. The molecule has 1 N–H and O–H groups in total. The first-order chi connectivity index (χ1) is 3.48. The summed E-state index contributed by atoms with van der Waals surface area (Å²) in [5.41, 5.74) is 0. The third kappa shape index (κ3) is 1.93. The molecule has 0 atom stereocenters. The van der Waals surface area contributed by atoms with Crippen LogP contribution in [0.1, 0.15) is 0 Å². The molecule has 0 fully saturated rings. The van der Waals surface area contributed by atoms with Crippen molar-refractivity contribution in [3.05, 3.63) is 7.05 Å². The monoisotopic (exact) mass is 116 g/mol. The van der Waals surface area contributed by atoms with E-state index in [-0.39, 0.29) is 10.5 Å². The van der Waals surface area contributed by atoms with Crippen LogP contribution in [0.5, 0.6) is 0 Å². The molecule has 0 unspecified atom stereocenters. The zero-order valence-electron chi connectivity index (χ0n) is 5.56. The van der Waals surface area contributed by atoms with Crippen LogP contribution >= 0.6 is 0 Å². The van der Waals surface area contributed by atoms with Crippen LogP contribution in [-0.4, -0.2) is 31.7 Å². The number of carbonyl (C=O) groups excluding carboxylic acids is 1. The van der Waals surface area contributed by atoms with Gasteiger partial charge in [-0.25, -0.2) is 9.28 Å². The topological polar surface area (TPSA) is 29.1 Å². The van der Waals surface area contributed by atoms with Gasteiger partial charge in [0.15, 0.2) is 0 Å². The molecule has 47 valence electrons. The number of amides is 2. The van der Waals surface area contributed by atoms with Gasteiger partial charge >= 0.3 is 6.03 Å². The van der Waals surface area contributed by atoms with Crippen LogP contribution in [0.2, 0.25) is 0 Å². The molecule has 8 heavy (non-hydrogen) atoms. The molecule has 3 nitrogen and oxygen atoms in total. The summed E-state index contributed by atoms with van der Waals surface area (Å²) in [5.74, 6) is 0. The van der Waals surface area contributed by atoms with Gasteiger partial charge in [0.2, 0.25) is 0 Å². The van der Waals surface area contributed by atoms with Gasteiger partial charge in [0.05, 0.1) is 21.1 Å². The van der Waals surface area contributed by atoms with Gasteiger partial charge in [-0.15, -0.1) is 0 Å². The fourth-order valence-electron chi connectivity index (χ4n) is 0.237. The Labute approximate surface area is 49.9 Å². The fraction of sp³-hybridized carbons (Fsp3) is 0.600. The average Bonchev–Trinajstić information content (AvgIpc) is 1.62. The normalized spacial score (nSPS) is 11.0. The van der Waals surface area contributed by atoms with Crippen LogP contribution in [0.3, 0.4) is 0 Å². The van der Waals surface area contributed by atoms with Crippen molar-refractivity contribution in [3.8, 4) is 0 Å². The summed E-state index contributed by atoms with van der Waals surface area (Å²) in [7, 11) is 8.57. The summed E-state index contributed by atoms with van der Waals surface area (Å²) < 4.78 is 0.267. The van der Waals surface area contributed by atoms with E-state index in [0.29, 0.717) is 0 Å². The molecule has 0 aliphatic rings. The van der Waals surface area contributed by atoms with Crippen molar-refractivity contribution in [2.24, 2.45) is 0 Å². The molecule has 0 rings (SSSR count). The lowest BCUT2D eigenvalue weighted by Crippen LogP contribution is -2.46. The molecular formula is C5H12N2O+. The summed E-state index contributed by atoms with van der Waals surface area (Å²) in [6.45, 7) is 0. The number of rotatable bonds is 0.